The van der Waals surface area contributed by atoms with E-state index in [1.54, 1.807) is 0 Å². The third-order valence-electron chi connectivity index (χ3n) is 4.76. The molecule has 27 heavy (non-hydrogen) atoms. The molecule has 0 bridgehead atoms. The minimum atomic E-state index is -0.955. The third-order valence-corrected chi connectivity index (χ3v) is 4.76. The Morgan fingerprint density at radius 1 is 1.00 bits per heavy atom. The zero-order valence-corrected chi connectivity index (χ0v) is 15.3. The van der Waals surface area contributed by atoms with Crippen molar-refractivity contribution in [3.8, 4) is 11.1 Å². The zero-order chi connectivity index (χ0) is 19.2. The number of carboxylic acid groups (broad SMARTS) is 1. The molecule has 1 amide bonds. The van der Waals surface area contributed by atoms with E-state index in [1.165, 1.54) is 12.0 Å². The lowest BCUT2D eigenvalue weighted by Gasteiger charge is -2.22. The van der Waals surface area contributed by atoms with Crippen LogP contribution in [-0.2, 0) is 14.3 Å². The Balaban J connectivity index is 1.71. The molecule has 0 saturated heterocycles. The molecule has 1 N–H and O–H groups in total. The Labute approximate surface area is 158 Å². The number of hydrogen-bond donors (Lipinski definition) is 1. The predicted octanol–water partition coefficient (Wildman–Crippen LogP) is 3.36. The van der Waals surface area contributed by atoms with Gasteiger partial charge in [-0.15, -0.1) is 0 Å². The molecule has 3 rings (SSSR count). The van der Waals surface area contributed by atoms with Crippen LogP contribution in [0.5, 0.6) is 0 Å². The summed E-state index contributed by atoms with van der Waals surface area (Å²) in [4.78, 5) is 24.7. The van der Waals surface area contributed by atoms with E-state index in [9.17, 15) is 9.59 Å². The maximum atomic E-state index is 12.5. The Morgan fingerprint density at radius 2 is 1.59 bits per heavy atom. The highest BCUT2D eigenvalue weighted by atomic mass is 16.6. The number of aliphatic carboxylic acids is 1. The van der Waals surface area contributed by atoms with Crippen molar-refractivity contribution in [1.82, 2.24) is 4.90 Å². The summed E-state index contributed by atoms with van der Waals surface area (Å²) in [7, 11) is 1.53. The highest BCUT2D eigenvalue weighted by molar-refractivity contribution is 5.79. The quantitative estimate of drug-likeness (QED) is 0.772. The minimum Gasteiger partial charge on any atom is -0.481 e. The van der Waals surface area contributed by atoms with E-state index in [0.29, 0.717) is 13.2 Å². The molecular formula is C21H23NO5. The molecular weight excluding hydrogens is 346 g/mol. The lowest BCUT2D eigenvalue weighted by molar-refractivity contribution is -0.137. The monoisotopic (exact) mass is 369 g/mol. The van der Waals surface area contributed by atoms with Crippen molar-refractivity contribution in [2.24, 2.45) is 0 Å². The number of benzene rings is 2. The second kappa shape index (κ2) is 8.68. The number of methoxy groups -OCH3 is 1. The fourth-order valence-corrected chi connectivity index (χ4v) is 3.41. The van der Waals surface area contributed by atoms with Gasteiger partial charge >= 0.3 is 12.1 Å². The topological polar surface area (TPSA) is 76.1 Å². The smallest absolute Gasteiger partial charge is 0.409 e. The van der Waals surface area contributed by atoms with Crippen molar-refractivity contribution in [1.29, 1.82) is 0 Å². The maximum Gasteiger partial charge on any atom is 0.409 e. The van der Waals surface area contributed by atoms with Crippen LogP contribution in [0.15, 0.2) is 48.5 Å². The lowest BCUT2D eigenvalue weighted by Crippen LogP contribution is -2.36. The first-order valence-electron chi connectivity index (χ1n) is 8.92. The van der Waals surface area contributed by atoms with E-state index in [1.807, 2.05) is 24.3 Å². The largest absolute Gasteiger partial charge is 0.481 e. The van der Waals surface area contributed by atoms with Gasteiger partial charge in [-0.05, 0) is 22.3 Å². The number of carboxylic acids is 1. The fraction of sp³-hybridized carbons (Fsp3) is 0.333. The van der Waals surface area contributed by atoms with Crippen LogP contribution in [0.2, 0.25) is 0 Å². The normalized spacial score (nSPS) is 12.3. The molecule has 142 valence electrons. The highest BCUT2D eigenvalue weighted by Crippen LogP contribution is 2.44. The molecule has 0 unspecified atom stereocenters. The van der Waals surface area contributed by atoms with Crippen molar-refractivity contribution < 1.29 is 24.2 Å². The molecule has 1 aliphatic carbocycles. The maximum absolute atomic E-state index is 12.5. The first-order chi connectivity index (χ1) is 13.1. The highest BCUT2D eigenvalue weighted by Gasteiger charge is 2.29. The average Bonchev–Trinajstić information content (AvgIpc) is 3.00. The molecule has 0 spiro atoms. The summed E-state index contributed by atoms with van der Waals surface area (Å²) in [5, 5.41) is 8.88. The van der Waals surface area contributed by atoms with Gasteiger partial charge in [0, 0.05) is 26.1 Å². The van der Waals surface area contributed by atoms with Crippen LogP contribution in [0.3, 0.4) is 0 Å². The Bertz CT molecular complexity index is 774. The van der Waals surface area contributed by atoms with Crippen LogP contribution in [0.4, 0.5) is 4.79 Å². The molecule has 0 radical (unpaired) electrons. The summed E-state index contributed by atoms with van der Waals surface area (Å²) in [6.45, 7) is 0.920. The number of fused-ring (bicyclic) bond motifs is 3. The van der Waals surface area contributed by atoms with E-state index in [2.05, 4.69) is 24.3 Å². The van der Waals surface area contributed by atoms with E-state index < -0.39 is 12.1 Å². The Kier molecular flexibility index (Phi) is 6.08. The zero-order valence-electron chi connectivity index (χ0n) is 15.3. The summed E-state index contributed by atoms with van der Waals surface area (Å²) < 4.78 is 10.6. The number of rotatable bonds is 8. The van der Waals surface area contributed by atoms with E-state index in [0.717, 1.165) is 22.3 Å². The van der Waals surface area contributed by atoms with Gasteiger partial charge in [-0.2, -0.15) is 0 Å². The fourth-order valence-electron chi connectivity index (χ4n) is 3.41. The third kappa shape index (κ3) is 4.28. The number of carbonyl (C=O) groups is 2. The van der Waals surface area contributed by atoms with Gasteiger partial charge in [0.15, 0.2) is 0 Å². The van der Waals surface area contributed by atoms with Gasteiger partial charge < -0.3 is 19.5 Å². The molecule has 6 nitrogen and oxygen atoms in total. The Morgan fingerprint density at radius 3 is 2.15 bits per heavy atom. The van der Waals surface area contributed by atoms with Gasteiger partial charge in [-0.1, -0.05) is 48.5 Å². The first-order valence-corrected chi connectivity index (χ1v) is 8.92. The molecule has 2 aromatic carbocycles. The summed E-state index contributed by atoms with van der Waals surface area (Å²) in [6.07, 6.45) is -0.649. The van der Waals surface area contributed by atoms with Crippen molar-refractivity contribution >= 4 is 12.1 Å². The van der Waals surface area contributed by atoms with E-state index in [4.69, 9.17) is 14.6 Å². The predicted molar refractivity (Wildman–Crippen MR) is 101 cm³/mol. The van der Waals surface area contributed by atoms with Crippen LogP contribution in [0.1, 0.15) is 23.5 Å². The van der Waals surface area contributed by atoms with Crippen molar-refractivity contribution in [2.75, 3.05) is 33.4 Å². The molecule has 0 aliphatic heterocycles. The summed E-state index contributed by atoms with van der Waals surface area (Å²) in [5.41, 5.74) is 4.61. The molecule has 0 saturated carbocycles. The molecule has 6 heteroatoms. The molecule has 0 atom stereocenters. The standard InChI is InChI=1S/C21H23NO5/c1-26-13-12-22(11-10-20(23)24)21(25)27-14-19-17-8-4-2-6-15(17)16-7-3-5-9-18(16)19/h2-9,19H,10-14H2,1H3,(H,23,24). The second-order valence-corrected chi connectivity index (χ2v) is 6.43. The van der Waals surface area contributed by atoms with Crippen LogP contribution in [-0.4, -0.2) is 55.5 Å². The second-order valence-electron chi connectivity index (χ2n) is 6.43. The summed E-state index contributed by atoms with van der Waals surface area (Å²) >= 11 is 0. The average molecular weight is 369 g/mol. The Hall–Kier alpha value is -2.86. The van der Waals surface area contributed by atoms with Gasteiger partial charge in [0.2, 0.25) is 0 Å². The van der Waals surface area contributed by atoms with Crippen LogP contribution in [0.25, 0.3) is 11.1 Å². The molecule has 0 aromatic heterocycles. The SMILES string of the molecule is COCCN(CCC(=O)O)C(=O)OCC1c2ccccc2-c2ccccc21. The number of amides is 1. The van der Waals surface area contributed by atoms with Crippen LogP contribution in [0, 0.1) is 0 Å². The molecule has 2 aromatic rings. The lowest BCUT2D eigenvalue weighted by atomic mass is 9.98. The van der Waals surface area contributed by atoms with Crippen molar-refractivity contribution in [3.63, 3.8) is 0 Å². The van der Waals surface area contributed by atoms with Crippen LogP contribution >= 0.6 is 0 Å². The van der Waals surface area contributed by atoms with Gasteiger partial charge in [0.1, 0.15) is 6.61 Å². The first kappa shape index (κ1) is 18.9. The number of carbonyl (C=O) groups excluding carboxylic acids is 1. The van der Waals surface area contributed by atoms with Gasteiger partial charge in [0.05, 0.1) is 13.0 Å². The van der Waals surface area contributed by atoms with Gasteiger partial charge in [-0.3, -0.25) is 4.79 Å². The summed E-state index contributed by atoms with van der Waals surface area (Å²) in [6, 6.07) is 16.2. The van der Waals surface area contributed by atoms with E-state index >= 15 is 0 Å². The van der Waals surface area contributed by atoms with Gasteiger partial charge in [-0.25, -0.2) is 4.79 Å². The molecule has 1 aliphatic rings. The van der Waals surface area contributed by atoms with Crippen molar-refractivity contribution in [2.45, 2.75) is 12.3 Å². The number of ether oxygens (including phenoxy) is 2. The van der Waals surface area contributed by atoms with Crippen LogP contribution < -0.4 is 0 Å². The number of nitrogens with zero attached hydrogens (tertiary/aromatic N) is 1. The molecule has 0 heterocycles. The minimum absolute atomic E-state index is 0.0231. The van der Waals surface area contributed by atoms with Gasteiger partial charge in [0.25, 0.3) is 0 Å². The molecule has 0 fully saturated rings. The van der Waals surface area contributed by atoms with Crippen molar-refractivity contribution in [3.05, 3.63) is 59.7 Å². The number of hydrogen-bond acceptors (Lipinski definition) is 4. The van der Waals surface area contributed by atoms with E-state index in [-0.39, 0.29) is 25.5 Å². The summed E-state index contributed by atoms with van der Waals surface area (Å²) in [5.74, 6) is -0.978.